The normalized spacial score (nSPS) is 17.1. The van der Waals surface area contributed by atoms with E-state index in [1.165, 1.54) is 13.3 Å². The zero-order valence-electron chi connectivity index (χ0n) is 20.2. The lowest BCUT2D eigenvalue weighted by molar-refractivity contribution is -0.128. The molecule has 1 aromatic heterocycles. The van der Waals surface area contributed by atoms with E-state index in [0.717, 1.165) is 30.6 Å². The SMILES string of the molecule is CCOc1ccccc1C=CC(=O)N1CCC2(CC1)CCN(C(=O)c1ccc(C(=O)OC)cn1)C2. The van der Waals surface area contributed by atoms with Crippen molar-refractivity contribution in [2.75, 3.05) is 39.9 Å². The molecule has 4 rings (SSSR count). The van der Waals surface area contributed by atoms with E-state index in [-0.39, 0.29) is 17.2 Å². The number of ether oxygens (including phenoxy) is 2. The van der Waals surface area contributed by atoms with Crippen LogP contribution in [-0.4, -0.2) is 72.5 Å². The summed E-state index contributed by atoms with van der Waals surface area (Å²) in [6, 6.07) is 10.8. The van der Waals surface area contributed by atoms with Crippen LogP contribution in [0.4, 0.5) is 0 Å². The Morgan fingerprint density at radius 2 is 1.74 bits per heavy atom. The number of amides is 2. The number of piperidine rings is 1. The monoisotopic (exact) mass is 477 g/mol. The van der Waals surface area contributed by atoms with Crippen molar-refractivity contribution in [2.45, 2.75) is 26.2 Å². The first-order chi connectivity index (χ1) is 16.9. The van der Waals surface area contributed by atoms with Crippen LogP contribution in [0.15, 0.2) is 48.7 Å². The number of carbonyl (C=O) groups excluding carboxylic acids is 3. The number of pyridine rings is 1. The van der Waals surface area contributed by atoms with Crippen LogP contribution in [0, 0.1) is 5.41 Å². The minimum Gasteiger partial charge on any atom is -0.493 e. The Morgan fingerprint density at radius 1 is 1.03 bits per heavy atom. The Kier molecular flexibility index (Phi) is 7.48. The molecule has 2 aromatic rings. The third kappa shape index (κ3) is 5.53. The number of methoxy groups -OCH3 is 1. The van der Waals surface area contributed by atoms with Gasteiger partial charge in [-0.3, -0.25) is 14.6 Å². The van der Waals surface area contributed by atoms with Crippen LogP contribution >= 0.6 is 0 Å². The lowest BCUT2D eigenvalue weighted by Gasteiger charge is -2.38. The molecule has 0 aliphatic carbocycles. The Morgan fingerprint density at radius 3 is 2.40 bits per heavy atom. The first-order valence-electron chi connectivity index (χ1n) is 12.0. The zero-order valence-corrected chi connectivity index (χ0v) is 20.2. The third-order valence-corrected chi connectivity index (χ3v) is 6.89. The molecule has 0 saturated carbocycles. The average Bonchev–Trinajstić information content (AvgIpc) is 3.31. The van der Waals surface area contributed by atoms with Crippen molar-refractivity contribution in [1.82, 2.24) is 14.8 Å². The first kappa shape index (κ1) is 24.4. The number of benzene rings is 1. The lowest BCUT2D eigenvalue weighted by atomic mass is 9.78. The fraction of sp³-hybridized carbons (Fsp3) is 0.407. The van der Waals surface area contributed by atoms with Crippen LogP contribution in [0.3, 0.4) is 0 Å². The molecular formula is C27H31N3O5. The summed E-state index contributed by atoms with van der Waals surface area (Å²) in [6.07, 6.45) is 7.44. The lowest BCUT2D eigenvalue weighted by Crippen LogP contribution is -2.44. The molecule has 0 radical (unpaired) electrons. The molecule has 0 atom stereocenters. The van der Waals surface area contributed by atoms with E-state index in [1.54, 1.807) is 18.2 Å². The van der Waals surface area contributed by atoms with Gasteiger partial charge in [-0.15, -0.1) is 0 Å². The number of aromatic nitrogens is 1. The molecule has 2 amide bonds. The van der Waals surface area contributed by atoms with Gasteiger partial charge in [-0.05, 0) is 55.9 Å². The van der Waals surface area contributed by atoms with Crippen LogP contribution in [0.25, 0.3) is 6.08 Å². The van der Waals surface area contributed by atoms with Crippen molar-refractivity contribution in [3.63, 3.8) is 0 Å². The van der Waals surface area contributed by atoms with E-state index < -0.39 is 5.97 Å². The van der Waals surface area contributed by atoms with Crippen LogP contribution in [0.2, 0.25) is 0 Å². The van der Waals surface area contributed by atoms with E-state index in [4.69, 9.17) is 4.74 Å². The van der Waals surface area contributed by atoms with Gasteiger partial charge in [-0.1, -0.05) is 18.2 Å². The second-order valence-electron chi connectivity index (χ2n) is 9.03. The highest BCUT2D eigenvalue weighted by atomic mass is 16.5. The van der Waals surface area contributed by atoms with Crippen LogP contribution in [-0.2, 0) is 9.53 Å². The fourth-order valence-electron chi connectivity index (χ4n) is 4.81. The molecule has 0 unspecified atom stereocenters. The molecular weight excluding hydrogens is 446 g/mol. The van der Waals surface area contributed by atoms with Gasteiger partial charge < -0.3 is 19.3 Å². The predicted molar refractivity (Wildman–Crippen MR) is 131 cm³/mol. The van der Waals surface area contributed by atoms with E-state index in [2.05, 4.69) is 9.72 Å². The van der Waals surface area contributed by atoms with E-state index >= 15 is 0 Å². The molecule has 0 bridgehead atoms. The Labute approximate surface area is 205 Å². The zero-order chi connectivity index (χ0) is 24.8. The summed E-state index contributed by atoms with van der Waals surface area (Å²) >= 11 is 0. The second kappa shape index (κ2) is 10.7. The molecule has 2 aliphatic rings. The van der Waals surface area contributed by atoms with Crippen molar-refractivity contribution in [3.05, 3.63) is 65.5 Å². The third-order valence-electron chi connectivity index (χ3n) is 6.89. The number of carbonyl (C=O) groups is 3. The van der Waals surface area contributed by atoms with Gasteiger partial charge >= 0.3 is 5.97 Å². The number of esters is 1. The highest BCUT2D eigenvalue weighted by Crippen LogP contribution is 2.40. The second-order valence-corrected chi connectivity index (χ2v) is 9.03. The standard InChI is InChI=1S/C27H31N3O5/c1-3-35-23-7-5-4-6-20(23)9-11-24(31)29-15-12-27(13-16-29)14-17-30(19-27)25(32)22-10-8-21(18-28-22)26(33)34-2/h4-11,18H,3,12-17,19H2,1-2H3. The quantitative estimate of drug-likeness (QED) is 0.468. The van der Waals surface area contributed by atoms with Gasteiger partial charge in [0.25, 0.3) is 5.91 Å². The van der Waals surface area contributed by atoms with Crippen molar-refractivity contribution < 1.29 is 23.9 Å². The molecule has 2 aliphatic heterocycles. The maximum Gasteiger partial charge on any atom is 0.339 e. The van der Waals surface area contributed by atoms with Crippen molar-refractivity contribution in [2.24, 2.45) is 5.41 Å². The van der Waals surface area contributed by atoms with E-state index in [0.29, 0.717) is 44.0 Å². The molecule has 2 fully saturated rings. The number of hydrogen-bond donors (Lipinski definition) is 0. The molecule has 2 saturated heterocycles. The number of para-hydroxylation sites is 1. The topological polar surface area (TPSA) is 89.0 Å². The molecule has 8 heteroatoms. The van der Waals surface area contributed by atoms with Gasteiger partial charge in [0.05, 0.1) is 19.3 Å². The van der Waals surface area contributed by atoms with Gasteiger partial charge in [0.2, 0.25) is 5.91 Å². The smallest absolute Gasteiger partial charge is 0.339 e. The van der Waals surface area contributed by atoms with Gasteiger partial charge in [-0.2, -0.15) is 0 Å². The predicted octanol–water partition coefficient (Wildman–Crippen LogP) is 3.44. The largest absolute Gasteiger partial charge is 0.493 e. The van der Waals surface area contributed by atoms with Gasteiger partial charge in [0.15, 0.2) is 0 Å². The van der Waals surface area contributed by atoms with Gasteiger partial charge in [0, 0.05) is 44.0 Å². The minimum absolute atomic E-state index is 0.00743. The number of likely N-dealkylation sites (tertiary alicyclic amines) is 2. The Balaban J connectivity index is 1.32. The van der Waals surface area contributed by atoms with Crippen molar-refractivity contribution in [1.29, 1.82) is 0 Å². The number of rotatable bonds is 6. The molecule has 3 heterocycles. The Bertz CT molecular complexity index is 1100. The number of nitrogens with zero attached hydrogens (tertiary/aromatic N) is 3. The van der Waals surface area contributed by atoms with Gasteiger partial charge in [0.1, 0.15) is 11.4 Å². The molecule has 35 heavy (non-hydrogen) atoms. The van der Waals surface area contributed by atoms with Crippen molar-refractivity contribution in [3.8, 4) is 5.75 Å². The highest BCUT2D eigenvalue weighted by molar-refractivity contribution is 5.94. The maximum absolute atomic E-state index is 13.0. The molecule has 0 N–H and O–H groups in total. The highest BCUT2D eigenvalue weighted by Gasteiger charge is 2.42. The molecule has 1 spiro atoms. The first-order valence-corrected chi connectivity index (χ1v) is 12.0. The van der Waals surface area contributed by atoms with Crippen LogP contribution < -0.4 is 4.74 Å². The molecule has 8 nitrogen and oxygen atoms in total. The Hall–Kier alpha value is -3.68. The van der Waals surface area contributed by atoms with E-state index in [1.807, 2.05) is 47.1 Å². The summed E-state index contributed by atoms with van der Waals surface area (Å²) in [4.78, 5) is 45.2. The fourth-order valence-corrected chi connectivity index (χ4v) is 4.81. The van der Waals surface area contributed by atoms with Crippen molar-refractivity contribution >= 4 is 23.9 Å². The summed E-state index contributed by atoms with van der Waals surface area (Å²) in [5.41, 5.74) is 1.55. The summed E-state index contributed by atoms with van der Waals surface area (Å²) in [6.45, 7) is 5.17. The summed E-state index contributed by atoms with van der Waals surface area (Å²) < 4.78 is 10.3. The number of hydrogen-bond acceptors (Lipinski definition) is 6. The molecule has 184 valence electrons. The molecule has 1 aromatic carbocycles. The summed E-state index contributed by atoms with van der Waals surface area (Å²) in [7, 11) is 1.31. The van der Waals surface area contributed by atoms with Crippen LogP contribution in [0.5, 0.6) is 5.75 Å². The average molecular weight is 478 g/mol. The van der Waals surface area contributed by atoms with Crippen LogP contribution in [0.1, 0.15) is 52.6 Å². The minimum atomic E-state index is -0.480. The maximum atomic E-state index is 13.0. The van der Waals surface area contributed by atoms with Gasteiger partial charge in [-0.25, -0.2) is 4.79 Å². The summed E-state index contributed by atoms with van der Waals surface area (Å²) in [5, 5.41) is 0. The van der Waals surface area contributed by atoms with E-state index in [9.17, 15) is 14.4 Å². The summed E-state index contributed by atoms with van der Waals surface area (Å²) in [5.74, 6) is 0.146.